The molecule has 0 aromatic carbocycles. The number of rotatable bonds is 15. The topological polar surface area (TPSA) is 0 Å². The van der Waals surface area contributed by atoms with Gasteiger partial charge in [-0.15, -0.1) is 0 Å². The maximum atomic E-state index is 3.90. The van der Waals surface area contributed by atoms with Crippen LogP contribution in [0.3, 0.4) is 0 Å². The molecule has 0 heterocycles. The van der Waals surface area contributed by atoms with Crippen molar-refractivity contribution in [1.82, 2.24) is 0 Å². The first-order valence-corrected chi connectivity index (χ1v) is 8.89. The van der Waals surface area contributed by atoms with Crippen molar-refractivity contribution in [2.75, 3.05) is 0 Å². The molecule has 0 heteroatoms. The second kappa shape index (κ2) is 16.1. The van der Waals surface area contributed by atoms with Crippen LogP contribution in [0.25, 0.3) is 0 Å². The predicted octanol–water partition coefficient (Wildman–Crippen LogP) is 7.14. The summed E-state index contributed by atoms with van der Waals surface area (Å²) in [5.41, 5.74) is 0. The monoisotopic (exact) mass is 266 g/mol. The van der Waals surface area contributed by atoms with Crippen LogP contribution in [0.15, 0.2) is 0 Å². The standard InChI is InChI=1S/C19H38/c1-4-6-8-10-11-12-13-14-16-18-19(3)17-15-9-7-5-2/h19H,1-2,4-18H2,3H3. The van der Waals surface area contributed by atoms with Crippen LogP contribution < -0.4 is 0 Å². The van der Waals surface area contributed by atoms with E-state index in [1.54, 1.807) is 0 Å². The van der Waals surface area contributed by atoms with E-state index in [4.69, 9.17) is 0 Å². The summed E-state index contributed by atoms with van der Waals surface area (Å²) in [6, 6.07) is 0. The highest BCUT2D eigenvalue weighted by Crippen LogP contribution is 2.18. The van der Waals surface area contributed by atoms with Crippen LogP contribution in [0.2, 0.25) is 0 Å². The Morgan fingerprint density at radius 2 is 0.842 bits per heavy atom. The fraction of sp³-hybridized carbons (Fsp3) is 0.895. The first-order chi connectivity index (χ1) is 9.31. The van der Waals surface area contributed by atoms with Crippen LogP contribution in [0, 0.1) is 19.8 Å². The summed E-state index contributed by atoms with van der Waals surface area (Å²) in [5.74, 6) is 0.946. The lowest BCUT2D eigenvalue weighted by atomic mass is 9.96. The van der Waals surface area contributed by atoms with E-state index in [0.717, 1.165) is 18.8 Å². The Bertz CT molecular complexity index is 150. The van der Waals surface area contributed by atoms with Gasteiger partial charge in [0.1, 0.15) is 0 Å². The fourth-order valence-electron chi connectivity index (χ4n) is 2.72. The molecule has 19 heavy (non-hydrogen) atoms. The highest BCUT2D eigenvalue weighted by atomic mass is 14.1. The summed E-state index contributed by atoms with van der Waals surface area (Å²) >= 11 is 0. The zero-order valence-electron chi connectivity index (χ0n) is 13.6. The van der Waals surface area contributed by atoms with Crippen molar-refractivity contribution >= 4 is 0 Å². The van der Waals surface area contributed by atoms with E-state index in [1.165, 1.54) is 83.5 Å². The normalized spacial score (nSPS) is 12.8. The predicted molar refractivity (Wildman–Crippen MR) is 89.1 cm³/mol. The lowest BCUT2D eigenvalue weighted by Gasteiger charge is -2.10. The zero-order chi connectivity index (χ0) is 14.2. The summed E-state index contributed by atoms with van der Waals surface area (Å²) < 4.78 is 0. The Morgan fingerprint density at radius 1 is 0.526 bits per heavy atom. The molecule has 0 aliphatic rings. The van der Waals surface area contributed by atoms with Crippen LogP contribution in [0.5, 0.6) is 0 Å². The van der Waals surface area contributed by atoms with Crippen molar-refractivity contribution in [3.05, 3.63) is 13.8 Å². The molecule has 0 saturated heterocycles. The van der Waals surface area contributed by atoms with Crippen molar-refractivity contribution in [3.8, 4) is 0 Å². The minimum Gasteiger partial charge on any atom is -0.0625 e. The van der Waals surface area contributed by atoms with E-state index < -0.39 is 0 Å². The van der Waals surface area contributed by atoms with Crippen LogP contribution in [-0.2, 0) is 0 Å². The van der Waals surface area contributed by atoms with Gasteiger partial charge in [-0.2, -0.15) is 0 Å². The molecule has 0 spiro atoms. The molecule has 0 N–H and O–H groups in total. The van der Waals surface area contributed by atoms with Gasteiger partial charge in [0.25, 0.3) is 0 Å². The summed E-state index contributed by atoms with van der Waals surface area (Å²) in [6.07, 6.45) is 20.7. The molecule has 0 nitrogen and oxygen atoms in total. The van der Waals surface area contributed by atoms with E-state index in [0.29, 0.717) is 0 Å². The van der Waals surface area contributed by atoms with E-state index in [2.05, 4.69) is 20.8 Å². The third-order valence-electron chi connectivity index (χ3n) is 4.14. The zero-order valence-corrected chi connectivity index (χ0v) is 13.6. The van der Waals surface area contributed by atoms with Gasteiger partial charge in [0, 0.05) is 0 Å². The molecule has 2 radical (unpaired) electrons. The third-order valence-corrected chi connectivity index (χ3v) is 4.14. The Labute approximate surface area is 123 Å². The van der Waals surface area contributed by atoms with Gasteiger partial charge >= 0.3 is 0 Å². The molecule has 114 valence electrons. The Balaban J connectivity index is 3.07. The van der Waals surface area contributed by atoms with Gasteiger partial charge in [-0.25, -0.2) is 0 Å². The first kappa shape index (κ1) is 19.0. The van der Waals surface area contributed by atoms with Crippen LogP contribution >= 0.6 is 0 Å². The van der Waals surface area contributed by atoms with Gasteiger partial charge in [0.05, 0.1) is 0 Å². The molecule has 1 unspecified atom stereocenters. The van der Waals surface area contributed by atoms with E-state index in [9.17, 15) is 0 Å². The summed E-state index contributed by atoms with van der Waals surface area (Å²) in [4.78, 5) is 0. The van der Waals surface area contributed by atoms with Crippen molar-refractivity contribution < 1.29 is 0 Å². The number of unbranched alkanes of at least 4 members (excludes halogenated alkanes) is 11. The van der Waals surface area contributed by atoms with Crippen LogP contribution in [-0.4, -0.2) is 0 Å². The minimum atomic E-state index is 0.946. The summed E-state index contributed by atoms with van der Waals surface area (Å²) in [7, 11) is 0. The van der Waals surface area contributed by atoms with E-state index >= 15 is 0 Å². The van der Waals surface area contributed by atoms with Gasteiger partial charge in [-0.1, -0.05) is 117 Å². The van der Waals surface area contributed by atoms with Gasteiger partial charge in [-0.05, 0) is 5.92 Å². The quantitative estimate of drug-likeness (QED) is 0.276. The van der Waals surface area contributed by atoms with E-state index in [1.807, 2.05) is 0 Å². The van der Waals surface area contributed by atoms with Crippen molar-refractivity contribution in [3.63, 3.8) is 0 Å². The highest BCUT2D eigenvalue weighted by molar-refractivity contribution is 4.56. The molecule has 0 aliphatic carbocycles. The first-order valence-electron chi connectivity index (χ1n) is 8.89. The highest BCUT2D eigenvalue weighted by Gasteiger charge is 2.01. The lowest BCUT2D eigenvalue weighted by molar-refractivity contribution is 0.434. The smallest absolute Gasteiger partial charge is 0.0443 e. The van der Waals surface area contributed by atoms with Crippen LogP contribution in [0.4, 0.5) is 0 Å². The van der Waals surface area contributed by atoms with E-state index in [-0.39, 0.29) is 0 Å². The number of hydrogen-bond acceptors (Lipinski definition) is 0. The third kappa shape index (κ3) is 15.9. The van der Waals surface area contributed by atoms with Crippen molar-refractivity contribution in [1.29, 1.82) is 0 Å². The van der Waals surface area contributed by atoms with Crippen LogP contribution in [0.1, 0.15) is 103 Å². The molecule has 0 bridgehead atoms. The molecule has 0 aromatic rings. The average Bonchev–Trinajstić information content (AvgIpc) is 2.42. The molecule has 0 rings (SSSR count). The number of hydrogen-bond donors (Lipinski definition) is 0. The Kier molecular flexibility index (Phi) is 16.1. The lowest BCUT2D eigenvalue weighted by Crippen LogP contribution is -1.95. The maximum Gasteiger partial charge on any atom is -0.0443 e. The molecule has 0 amide bonds. The van der Waals surface area contributed by atoms with Gasteiger partial charge in [0.2, 0.25) is 0 Å². The largest absolute Gasteiger partial charge is 0.0625 e. The molecule has 0 aromatic heterocycles. The van der Waals surface area contributed by atoms with Gasteiger partial charge < -0.3 is 0 Å². The van der Waals surface area contributed by atoms with Gasteiger partial charge in [0.15, 0.2) is 0 Å². The average molecular weight is 267 g/mol. The fourth-order valence-corrected chi connectivity index (χ4v) is 2.72. The Morgan fingerprint density at radius 3 is 1.26 bits per heavy atom. The SMILES string of the molecule is [CH2]CCCCCCCCCCC(C)CCCCC[CH2]. The van der Waals surface area contributed by atoms with Crippen molar-refractivity contribution in [2.45, 2.75) is 103 Å². The summed E-state index contributed by atoms with van der Waals surface area (Å²) in [6.45, 7) is 10.2. The minimum absolute atomic E-state index is 0.946. The second-order valence-corrected chi connectivity index (χ2v) is 6.28. The second-order valence-electron chi connectivity index (χ2n) is 6.28. The van der Waals surface area contributed by atoms with Crippen molar-refractivity contribution in [2.24, 2.45) is 5.92 Å². The maximum absolute atomic E-state index is 3.90. The molecule has 0 saturated carbocycles. The summed E-state index contributed by atoms with van der Waals surface area (Å²) in [5, 5.41) is 0. The molecule has 0 fully saturated rings. The molecule has 0 aliphatic heterocycles. The Hall–Kier alpha value is 0. The van der Waals surface area contributed by atoms with Gasteiger partial charge in [-0.3, -0.25) is 0 Å². The molecular formula is C19H38. The molecular weight excluding hydrogens is 228 g/mol. The molecule has 1 atom stereocenters.